The van der Waals surface area contributed by atoms with Gasteiger partial charge in [0.2, 0.25) is 0 Å². The van der Waals surface area contributed by atoms with E-state index < -0.39 is 11.7 Å². The zero-order valence-electron chi connectivity index (χ0n) is 19.5. The van der Waals surface area contributed by atoms with Crippen LogP contribution in [0.2, 0.25) is 0 Å². The largest absolute Gasteiger partial charge is 0.416 e. The first-order valence-corrected chi connectivity index (χ1v) is 12.4. The fourth-order valence-corrected chi connectivity index (χ4v) is 4.91. The average Bonchev–Trinajstić information content (AvgIpc) is 2.87. The summed E-state index contributed by atoms with van der Waals surface area (Å²) < 4.78 is 40.3. The van der Waals surface area contributed by atoms with Crippen molar-refractivity contribution in [3.05, 3.63) is 94.0 Å². The molecule has 0 aliphatic carbocycles. The fraction of sp³-hybridized carbons (Fsp3) is 0.214. The van der Waals surface area contributed by atoms with Gasteiger partial charge in [0.05, 0.1) is 22.3 Å². The van der Waals surface area contributed by atoms with E-state index in [4.69, 9.17) is 4.98 Å². The van der Waals surface area contributed by atoms with E-state index in [1.165, 1.54) is 12.1 Å². The summed E-state index contributed by atoms with van der Waals surface area (Å²) in [7, 11) is 0. The molecule has 0 N–H and O–H groups in total. The van der Waals surface area contributed by atoms with Gasteiger partial charge in [0, 0.05) is 47.3 Å². The number of halogens is 4. The maximum Gasteiger partial charge on any atom is 0.416 e. The van der Waals surface area contributed by atoms with E-state index in [-0.39, 0.29) is 5.91 Å². The molecular formula is C28H23BrF3N3O. The van der Waals surface area contributed by atoms with Crippen molar-refractivity contribution in [2.75, 3.05) is 31.1 Å². The lowest BCUT2D eigenvalue weighted by molar-refractivity contribution is -0.137. The van der Waals surface area contributed by atoms with Gasteiger partial charge in [-0.2, -0.15) is 13.2 Å². The molecule has 36 heavy (non-hydrogen) atoms. The van der Waals surface area contributed by atoms with Crippen LogP contribution in [0.1, 0.15) is 21.5 Å². The predicted molar refractivity (Wildman–Crippen MR) is 139 cm³/mol. The number of aryl methyl sites for hydroxylation is 1. The summed E-state index contributed by atoms with van der Waals surface area (Å²) in [6.07, 6.45) is -4.39. The normalized spacial score (nSPS) is 14.4. The zero-order valence-corrected chi connectivity index (χ0v) is 21.1. The molecule has 1 amide bonds. The second kappa shape index (κ2) is 9.58. The van der Waals surface area contributed by atoms with E-state index >= 15 is 0 Å². The van der Waals surface area contributed by atoms with Gasteiger partial charge in [-0.15, -0.1) is 0 Å². The summed E-state index contributed by atoms with van der Waals surface area (Å²) in [5.74, 6) is -0.113. The highest BCUT2D eigenvalue weighted by atomic mass is 79.9. The van der Waals surface area contributed by atoms with Crippen LogP contribution < -0.4 is 4.90 Å². The number of amides is 1. The topological polar surface area (TPSA) is 36.4 Å². The lowest BCUT2D eigenvalue weighted by Gasteiger charge is -2.36. The van der Waals surface area contributed by atoms with E-state index in [2.05, 4.69) is 15.9 Å². The number of alkyl halides is 3. The lowest BCUT2D eigenvalue weighted by Crippen LogP contribution is -2.48. The Balaban J connectivity index is 1.43. The number of hydrogen-bond donors (Lipinski definition) is 0. The summed E-state index contributed by atoms with van der Waals surface area (Å²) in [4.78, 5) is 22.2. The molecule has 0 atom stereocenters. The molecule has 0 saturated carbocycles. The quantitative estimate of drug-likeness (QED) is 0.275. The number of hydrogen-bond acceptors (Lipinski definition) is 3. The Kier molecular flexibility index (Phi) is 6.47. The number of nitrogens with zero attached hydrogens (tertiary/aromatic N) is 3. The molecule has 1 aromatic heterocycles. The molecule has 8 heteroatoms. The minimum Gasteiger partial charge on any atom is -0.368 e. The van der Waals surface area contributed by atoms with E-state index in [0.29, 0.717) is 37.4 Å². The van der Waals surface area contributed by atoms with Gasteiger partial charge < -0.3 is 9.80 Å². The van der Waals surface area contributed by atoms with E-state index in [9.17, 15) is 18.0 Å². The second-order valence-electron chi connectivity index (χ2n) is 8.91. The molecule has 3 aromatic carbocycles. The summed E-state index contributed by atoms with van der Waals surface area (Å²) in [5, 5.41) is 0.756. The van der Waals surface area contributed by atoms with Crippen molar-refractivity contribution in [2.24, 2.45) is 0 Å². The number of aromatic nitrogens is 1. The number of pyridine rings is 1. The molecule has 184 valence electrons. The Morgan fingerprint density at radius 2 is 1.67 bits per heavy atom. The molecule has 4 aromatic rings. The van der Waals surface area contributed by atoms with Gasteiger partial charge in [0.1, 0.15) is 0 Å². The number of carbonyl (C=O) groups is 1. The van der Waals surface area contributed by atoms with Crippen LogP contribution in [0, 0.1) is 6.92 Å². The zero-order chi connectivity index (χ0) is 25.4. The van der Waals surface area contributed by atoms with Crippen LogP contribution in [-0.2, 0) is 6.18 Å². The Hall–Kier alpha value is -3.39. The third-order valence-electron chi connectivity index (χ3n) is 6.42. The van der Waals surface area contributed by atoms with Crippen molar-refractivity contribution >= 4 is 38.4 Å². The summed E-state index contributed by atoms with van der Waals surface area (Å²) in [6.45, 7) is 3.73. The minimum absolute atomic E-state index is 0.113. The van der Waals surface area contributed by atoms with Crippen molar-refractivity contribution in [3.63, 3.8) is 0 Å². The number of benzene rings is 3. The van der Waals surface area contributed by atoms with Gasteiger partial charge >= 0.3 is 6.18 Å². The monoisotopic (exact) mass is 553 g/mol. The standard InChI is InChI=1S/C28H23BrF3N3O/c1-18-4-2-5-19(14-18)26-17-24(23-16-21(29)8-9-25(23)33-26)27(36)35-12-10-34(11-13-35)22-7-3-6-20(15-22)28(30,31)32/h2-9,14-17H,10-13H2,1H3. The minimum atomic E-state index is -4.39. The maximum absolute atomic E-state index is 13.7. The summed E-state index contributed by atoms with van der Waals surface area (Å²) in [6, 6.07) is 20.8. The van der Waals surface area contributed by atoms with Crippen molar-refractivity contribution in [1.29, 1.82) is 0 Å². The Morgan fingerprint density at radius 1 is 0.917 bits per heavy atom. The highest BCUT2D eigenvalue weighted by molar-refractivity contribution is 9.10. The van der Waals surface area contributed by atoms with E-state index in [0.717, 1.165) is 38.3 Å². The SMILES string of the molecule is Cc1cccc(-c2cc(C(=O)N3CCN(c4cccc(C(F)(F)F)c4)CC3)c3cc(Br)ccc3n2)c1. The maximum atomic E-state index is 13.7. The third-order valence-corrected chi connectivity index (χ3v) is 6.91. The van der Waals surface area contributed by atoms with E-state index in [1.54, 1.807) is 11.0 Å². The van der Waals surface area contributed by atoms with Crippen LogP contribution >= 0.6 is 15.9 Å². The van der Waals surface area contributed by atoms with Gasteiger partial charge in [0.15, 0.2) is 0 Å². The molecule has 0 bridgehead atoms. The van der Waals surface area contributed by atoms with Crippen molar-refractivity contribution in [3.8, 4) is 11.3 Å². The van der Waals surface area contributed by atoms with Crippen LogP contribution in [0.4, 0.5) is 18.9 Å². The second-order valence-corrected chi connectivity index (χ2v) is 9.83. The number of carbonyl (C=O) groups excluding carboxylic acids is 1. The van der Waals surface area contributed by atoms with Crippen LogP contribution in [0.3, 0.4) is 0 Å². The first-order chi connectivity index (χ1) is 17.2. The Labute approximate surface area is 215 Å². The van der Waals surface area contributed by atoms with Gasteiger partial charge in [-0.25, -0.2) is 4.98 Å². The van der Waals surface area contributed by atoms with Crippen LogP contribution in [-0.4, -0.2) is 42.0 Å². The van der Waals surface area contributed by atoms with Crippen molar-refractivity contribution in [1.82, 2.24) is 9.88 Å². The molecule has 1 saturated heterocycles. The van der Waals surface area contributed by atoms with Crippen molar-refractivity contribution < 1.29 is 18.0 Å². The summed E-state index contributed by atoms with van der Waals surface area (Å²) in [5.41, 5.74) is 3.88. The molecule has 1 aliphatic heterocycles. The number of fused-ring (bicyclic) bond motifs is 1. The first-order valence-electron chi connectivity index (χ1n) is 11.6. The molecular weight excluding hydrogens is 531 g/mol. The average molecular weight is 554 g/mol. The number of piperazine rings is 1. The molecule has 0 radical (unpaired) electrons. The van der Waals surface area contributed by atoms with Crippen LogP contribution in [0.15, 0.2) is 77.3 Å². The summed E-state index contributed by atoms with van der Waals surface area (Å²) >= 11 is 3.50. The van der Waals surface area contributed by atoms with Gasteiger partial charge in [-0.3, -0.25) is 4.79 Å². The van der Waals surface area contributed by atoms with Gasteiger partial charge in [-0.05, 0) is 55.5 Å². The van der Waals surface area contributed by atoms with Crippen LogP contribution in [0.5, 0.6) is 0 Å². The van der Waals surface area contributed by atoms with Gasteiger partial charge in [-0.1, -0.05) is 45.8 Å². The molecule has 2 heterocycles. The van der Waals surface area contributed by atoms with Gasteiger partial charge in [0.25, 0.3) is 5.91 Å². The van der Waals surface area contributed by atoms with Crippen molar-refractivity contribution in [2.45, 2.75) is 13.1 Å². The fourth-order valence-electron chi connectivity index (χ4n) is 4.54. The highest BCUT2D eigenvalue weighted by Gasteiger charge is 2.31. The first kappa shape index (κ1) is 24.3. The van der Waals surface area contributed by atoms with Crippen LogP contribution in [0.25, 0.3) is 22.2 Å². The predicted octanol–water partition coefficient (Wildman–Crippen LogP) is 6.95. The molecule has 5 rings (SSSR count). The smallest absolute Gasteiger partial charge is 0.368 e. The third kappa shape index (κ3) is 4.95. The highest BCUT2D eigenvalue weighted by Crippen LogP contribution is 2.32. The Bertz CT molecular complexity index is 1450. The van der Waals surface area contributed by atoms with E-state index in [1.807, 2.05) is 60.4 Å². The lowest BCUT2D eigenvalue weighted by atomic mass is 10.0. The number of rotatable bonds is 3. The Morgan fingerprint density at radius 3 is 2.39 bits per heavy atom. The molecule has 0 spiro atoms. The molecule has 0 unspecified atom stereocenters. The molecule has 4 nitrogen and oxygen atoms in total. The molecule has 1 aliphatic rings. The molecule has 1 fully saturated rings. The number of anilines is 1.